The third-order valence-corrected chi connectivity index (χ3v) is 10.9. The van der Waals surface area contributed by atoms with E-state index in [-0.39, 0.29) is 17.9 Å². The highest BCUT2D eigenvalue weighted by Crippen LogP contribution is 2.60. The molecule has 1 N–H and O–H groups in total. The van der Waals surface area contributed by atoms with Gasteiger partial charge in [-0.1, -0.05) is 42.8 Å². The van der Waals surface area contributed by atoms with Crippen molar-refractivity contribution in [1.82, 2.24) is 10.2 Å². The van der Waals surface area contributed by atoms with Crippen molar-refractivity contribution in [3.8, 4) is 0 Å². The molecule has 0 spiro atoms. The largest absolute Gasteiger partial charge is 0.354 e. The first-order chi connectivity index (χ1) is 19.5. The van der Waals surface area contributed by atoms with Crippen LogP contribution >= 0.6 is 11.6 Å². The SMILES string of the molecule is CCCNC(=O)[C@@H](C)N(Cc1ccc(Cl)cc1)C(=O)CN(c1ccc(C23CC4CC(CC(C4)C2)C3)cc1)S(C)(=O)=O. The molecule has 4 fully saturated rings. The second kappa shape index (κ2) is 12.0. The van der Waals surface area contributed by atoms with Crippen molar-refractivity contribution >= 4 is 39.1 Å². The van der Waals surface area contributed by atoms with E-state index in [4.69, 9.17) is 11.6 Å². The van der Waals surface area contributed by atoms with Gasteiger partial charge in [0, 0.05) is 18.1 Å². The lowest BCUT2D eigenvalue weighted by atomic mass is 9.48. The maximum absolute atomic E-state index is 13.8. The molecule has 0 aromatic heterocycles. The van der Waals surface area contributed by atoms with Crippen LogP contribution in [0, 0.1) is 17.8 Å². The number of amides is 2. The lowest BCUT2D eigenvalue weighted by molar-refractivity contribution is -0.139. The number of anilines is 1. The van der Waals surface area contributed by atoms with E-state index in [2.05, 4.69) is 17.4 Å². The first-order valence-electron chi connectivity index (χ1n) is 14.9. The molecule has 0 aliphatic heterocycles. The second-order valence-electron chi connectivity index (χ2n) is 12.6. The van der Waals surface area contributed by atoms with Crippen LogP contribution in [-0.2, 0) is 31.6 Å². The monoisotopic (exact) mass is 599 g/mol. The van der Waals surface area contributed by atoms with Crippen molar-refractivity contribution < 1.29 is 18.0 Å². The van der Waals surface area contributed by atoms with Crippen LogP contribution in [0.2, 0.25) is 5.02 Å². The van der Waals surface area contributed by atoms with Gasteiger partial charge in [-0.05, 0) is 110 Å². The van der Waals surface area contributed by atoms with Crippen molar-refractivity contribution in [2.24, 2.45) is 17.8 Å². The van der Waals surface area contributed by atoms with E-state index in [1.165, 1.54) is 49.0 Å². The molecule has 222 valence electrons. The number of nitrogens with one attached hydrogen (secondary N) is 1. The highest BCUT2D eigenvalue weighted by atomic mass is 35.5. The topological polar surface area (TPSA) is 86.8 Å². The third-order valence-electron chi connectivity index (χ3n) is 9.47. The van der Waals surface area contributed by atoms with Crippen LogP contribution in [0.15, 0.2) is 48.5 Å². The third kappa shape index (κ3) is 6.59. The standard InChI is InChI=1S/C32H42ClN3O4S/c1-4-13-34-31(38)22(2)35(20-23-5-9-28(33)10-6-23)30(37)21-36(41(3,39)40)29-11-7-27(8-12-29)32-17-24-14-25(18-32)16-26(15-24)19-32/h5-12,22,24-26H,4,13-21H2,1-3H3,(H,34,38)/t22-,24?,25?,26?,32?/m1/s1. The van der Waals surface area contributed by atoms with E-state index in [0.717, 1.165) is 40.3 Å². The van der Waals surface area contributed by atoms with Crippen LogP contribution < -0.4 is 9.62 Å². The highest BCUT2D eigenvalue weighted by molar-refractivity contribution is 7.92. The number of rotatable bonds is 11. The number of hydrogen-bond acceptors (Lipinski definition) is 4. The van der Waals surface area contributed by atoms with Crippen molar-refractivity contribution in [1.29, 1.82) is 0 Å². The van der Waals surface area contributed by atoms with Gasteiger partial charge in [0.15, 0.2) is 0 Å². The number of carbonyl (C=O) groups is 2. The molecule has 0 radical (unpaired) electrons. The fraction of sp³-hybridized carbons (Fsp3) is 0.562. The molecule has 4 aliphatic carbocycles. The smallest absolute Gasteiger partial charge is 0.244 e. The Hall–Kier alpha value is -2.58. The first-order valence-corrected chi connectivity index (χ1v) is 17.1. The van der Waals surface area contributed by atoms with Crippen LogP contribution in [0.1, 0.15) is 69.9 Å². The van der Waals surface area contributed by atoms with Gasteiger partial charge < -0.3 is 10.2 Å². The highest BCUT2D eigenvalue weighted by Gasteiger charge is 2.51. The molecular formula is C32H42ClN3O4S. The minimum absolute atomic E-state index is 0.152. The Kier molecular flexibility index (Phi) is 8.72. The lowest BCUT2D eigenvalue weighted by Gasteiger charge is -2.57. The minimum Gasteiger partial charge on any atom is -0.354 e. The van der Waals surface area contributed by atoms with Crippen LogP contribution in [0.3, 0.4) is 0 Å². The lowest BCUT2D eigenvalue weighted by Crippen LogP contribution is -2.51. The quantitative estimate of drug-likeness (QED) is 0.369. The molecule has 4 saturated carbocycles. The molecular weight excluding hydrogens is 558 g/mol. The molecule has 6 rings (SSSR count). The van der Waals surface area contributed by atoms with Gasteiger partial charge in [-0.2, -0.15) is 0 Å². The summed E-state index contributed by atoms with van der Waals surface area (Å²) in [7, 11) is -3.78. The van der Waals surface area contributed by atoms with Crippen LogP contribution in [-0.4, -0.2) is 50.5 Å². The summed E-state index contributed by atoms with van der Waals surface area (Å²) in [5, 5.41) is 3.42. The average Bonchev–Trinajstić information content (AvgIpc) is 2.92. The summed E-state index contributed by atoms with van der Waals surface area (Å²) < 4.78 is 27.2. The maximum Gasteiger partial charge on any atom is 0.244 e. The summed E-state index contributed by atoms with van der Waals surface area (Å²) in [5.41, 5.74) is 2.76. The summed E-state index contributed by atoms with van der Waals surface area (Å²) in [5.74, 6) is 1.72. The Morgan fingerprint density at radius 2 is 1.54 bits per heavy atom. The number of carbonyl (C=O) groups excluding carboxylic acids is 2. The zero-order valence-corrected chi connectivity index (χ0v) is 25.9. The minimum atomic E-state index is -3.78. The van der Waals surface area contributed by atoms with Gasteiger partial charge in [0.05, 0.1) is 11.9 Å². The summed E-state index contributed by atoms with van der Waals surface area (Å²) in [6, 6.07) is 14.1. The van der Waals surface area contributed by atoms with Gasteiger partial charge >= 0.3 is 0 Å². The maximum atomic E-state index is 13.8. The predicted octanol–water partition coefficient (Wildman–Crippen LogP) is 5.52. The van der Waals surface area contributed by atoms with Gasteiger partial charge in [0.2, 0.25) is 21.8 Å². The van der Waals surface area contributed by atoms with Crippen molar-refractivity contribution in [2.75, 3.05) is 23.7 Å². The molecule has 9 heteroatoms. The van der Waals surface area contributed by atoms with Gasteiger partial charge in [0.1, 0.15) is 12.6 Å². The molecule has 0 saturated heterocycles. The number of benzene rings is 2. The summed E-state index contributed by atoms with van der Waals surface area (Å²) in [6.07, 6.45) is 9.66. The number of nitrogens with zero attached hydrogens (tertiary/aromatic N) is 2. The number of halogens is 1. The van der Waals surface area contributed by atoms with E-state index in [1.807, 2.05) is 19.1 Å². The Morgan fingerprint density at radius 1 is 0.976 bits per heavy atom. The molecule has 4 aliphatic rings. The van der Waals surface area contributed by atoms with E-state index >= 15 is 0 Å². The van der Waals surface area contributed by atoms with Gasteiger partial charge in [-0.25, -0.2) is 8.42 Å². The van der Waals surface area contributed by atoms with Crippen molar-refractivity contribution in [3.63, 3.8) is 0 Å². The Bertz CT molecular complexity index is 1330. The second-order valence-corrected chi connectivity index (χ2v) is 15.0. The van der Waals surface area contributed by atoms with Gasteiger partial charge in [0.25, 0.3) is 0 Å². The fourth-order valence-electron chi connectivity index (χ4n) is 7.82. The summed E-state index contributed by atoms with van der Waals surface area (Å²) in [4.78, 5) is 28.1. The average molecular weight is 600 g/mol. The summed E-state index contributed by atoms with van der Waals surface area (Å²) >= 11 is 6.05. The Morgan fingerprint density at radius 3 is 2.05 bits per heavy atom. The molecule has 7 nitrogen and oxygen atoms in total. The van der Waals surface area contributed by atoms with Crippen LogP contribution in [0.4, 0.5) is 5.69 Å². The molecule has 41 heavy (non-hydrogen) atoms. The fourth-order valence-corrected chi connectivity index (χ4v) is 8.80. The predicted molar refractivity (Wildman–Crippen MR) is 163 cm³/mol. The van der Waals surface area contributed by atoms with E-state index < -0.39 is 28.5 Å². The van der Waals surface area contributed by atoms with Gasteiger partial charge in [-0.3, -0.25) is 13.9 Å². The molecule has 2 aromatic carbocycles. The molecule has 4 bridgehead atoms. The Balaban J connectivity index is 1.37. The molecule has 2 amide bonds. The first kappa shape index (κ1) is 29.9. The molecule has 0 unspecified atom stereocenters. The van der Waals surface area contributed by atoms with Crippen LogP contribution in [0.5, 0.6) is 0 Å². The van der Waals surface area contributed by atoms with E-state index in [1.54, 1.807) is 31.2 Å². The van der Waals surface area contributed by atoms with Crippen molar-refractivity contribution in [2.45, 2.75) is 76.8 Å². The molecule has 2 aromatic rings. The number of hydrogen-bond donors (Lipinski definition) is 1. The number of sulfonamides is 1. The normalized spacial score (nSPS) is 25.5. The summed E-state index contributed by atoms with van der Waals surface area (Å²) in [6.45, 7) is 3.88. The Labute approximate surface area is 249 Å². The van der Waals surface area contributed by atoms with E-state index in [0.29, 0.717) is 17.3 Å². The molecule has 1 atom stereocenters. The zero-order chi connectivity index (χ0) is 29.4. The van der Waals surface area contributed by atoms with Crippen molar-refractivity contribution in [3.05, 3.63) is 64.7 Å². The van der Waals surface area contributed by atoms with E-state index in [9.17, 15) is 18.0 Å². The van der Waals surface area contributed by atoms with Crippen LogP contribution in [0.25, 0.3) is 0 Å². The van der Waals surface area contributed by atoms with Gasteiger partial charge in [-0.15, -0.1) is 0 Å². The zero-order valence-electron chi connectivity index (χ0n) is 24.3. The molecule has 0 heterocycles.